The average molecular weight is 815 g/mol. The Morgan fingerprint density at radius 3 is 1.58 bits per heavy atom. The summed E-state index contributed by atoms with van der Waals surface area (Å²) in [7, 11) is 0. The Morgan fingerprint density at radius 1 is 0.567 bits per heavy atom. The number of hydrogen-bond donors (Lipinski definition) is 0. The van der Waals surface area contributed by atoms with Gasteiger partial charge in [-0.3, -0.25) is 0 Å². The number of anilines is 6. The topological polar surface area (TPSA) is 24.9 Å². The second-order valence-electron chi connectivity index (χ2n) is 21.3. The summed E-state index contributed by atoms with van der Waals surface area (Å²) < 4.78 is 15.8. The van der Waals surface area contributed by atoms with Gasteiger partial charge < -0.3 is 19.3 Å². The van der Waals surface area contributed by atoms with Gasteiger partial charge in [0.2, 0.25) is 0 Å². The number of hydrogen-bond acceptors (Lipinski definition) is 5. The highest BCUT2D eigenvalue weighted by Gasteiger charge is 2.47. The van der Waals surface area contributed by atoms with E-state index < -0.39 is 0 Å². The van der Waals surface area contributed by atoms with E-state index in [2.05, 4.69) is 180 Å². The molecule has 3 aliphatic heterocycles. The molecule has 5 aromatic carbocycles. The number of nitrogens with zero attached hydrogens (tertiary/aromatic N) is 2. The van der Waals surface area contributed by atoms with Crippen LogP contribution in [0.4, 0.5) is 34.1 Å². The fourth-order valence-corrected chi connectivity index (χ4v) is 11.2. The van der Waals surface area contributed by atoms with Gasteiger partial charge in [-0.1, -0.05) is 106 Å². The number of ether oxygens (including phenoxy) is 2. The van der Waals surface area contributed by atoms with Gasteiger partial charge in [-0.2, -0.15) is 0 Å². The molecule has 1 aromatic heterocycles. The Morgan fingerprint density at radius 2 is 1.07 bits per heavy atom. The van der Waals surface area contributed by atoms with Gasteiger partial charge >= 0.3 is 0 Å². The van der Waals surface area contributed by atoms with Crippen molar-refractivity contribution in [3.63, 3.8) is 0 Å². The summed E-state index contributed by atoms with van der Waals surface area (Å²) in [6.45, 7) is 36.2. The summed E-state index contributed by atoms with van der Waals surface area (Å²) >= 11 is 1.97. The number of thiophene rings is 1. The summed E-state index contributed by atoms with van der Waals surface area (Å²) in [6, 6.07) is 26.6. The van der Waals surface area contributed by atoms with Crippen molar-refractivity contribution >= 4 is 78.0 Å². The van der Waals surface area contributed by atoms with Crippen LogP contribution in [0.2, 0.25) is 0 Å². The molecule has 60 heavy (non-hydrogen) atoms. The molecule has 3 aliphatic rings. The molecule has 6 heteroatoms. The van der Waals surface area contributed by atoms with Crippen molar-refractivity contribution in [1.82, 2.24) is 0 Å². The molecule has 6 aromatic rings. The molecule has 0 fully saturated rings. The highest BCUT2D eigenvalue weighted by molar-refractivity contribution is 7.33. The van der Waals surface area contributed by atoms with Crippen LogP contribution in [-0.2, 0) is 16.2 Å². The first-order valence-corrected chi connectivity index (χ1v) is 23.0. The van der Waals surface area contributed by atoms with E-state index in [0.29, 0.717) is 19.1 Å². The summed E-state index contributed by atoms with van der Waals surface area (Å²) in [5.41, 5.74) is 20.8. The van der Waals surface area contributed by atoms with E-state index in [-0.39, 0.29) is 23.0 Å². The van der Waals surface area contributed by atoms with E-state index in [1.54, 1.807) is 0 Å². The van der Waals surface area contributed by atoms with E-state index in [0.717, 1.165) is 17.9 Å². The number of rotatable bonds is 3. The molecule has 0 amide bonds. The zero-order valence-electron chi connectivity index (χ0n) is 38.7. The fourth-order valence-electron chi connectivity index (χ4n) is 9.91. The zero-order valence-corrected chi connectivity index (χ0v) is 39.6. The molecule has 0 saturated heterocycles. The predicted molar refractivity (Wildman–Crippen MR) is 261 cm³/mol. The van der Waals surface area contributed by atoms with Gasteiger partial charge in [0.25, 0.3) is 6.71 Å². The minimum Gasteiger partial charge on any atom is -0.490 e. The molecule has 4 nitrogen and oxygen atoms in total. The molecule has 0 saturated carbocycles. The van der Waals surface area contributed by atoms with Gasteiger partial charge in [0.05, 0.1) is 30.3 Å². The fraction of sp³-hybridized carbons (Fsp3) is 0.407. The quantitative estimate of drug-likeness (QED) is 0.166. The van der Waals surface area contributed by atoms with Crippen LogP contribution in [0.15, 0.2) is 66.7 Å². The molecule has 4 heterocycles. The highest BCUT2D eigenvalue weighted by atomic mass is 32.1. The van der Waals surface area contributed by atoms with Crippen LogP contribution in [0.1, 0.15) is 133 Å². The summed E-state index contributed by atoms with van der Waals surface area (Å²) in [6.07, 6.45) is 0.860. The molecule has 310 valence electrons. The van der Waals surface area contributed by atoms with Gasteiger partial charge in [0, 0.05) is 44.4 Å². The Labute approximate surface area is 364 Å². The van der Waals surface area contributed by atoms with Gasteiger partial charge in [-0.15, -0.1) is 11.3 Å². The van der Waals surface area contributed by atoms with Gasteiger partial charge in [0.1, 0.15) is 0 Å². The van der Waals surface area contributed by atoms with Crippen LogP contribution in [0, 0.1) is 27.7 Å². The number of fused-ring (bicyclic) bond motifs is 7. The van der Waals surface area contributed by atoms with E-state index in [4.69, 9.17) is 9.47 Å². The molecule has 0 N–H and O–H groups in total. The first-order chi connectivity index (χ1) is 28.1. The van der Waals surface area contributed by atoms with Gasteiger partial charge in [-0.25, -0.2) is 0 Å². The first kappa shape index (κ1) is 40.7. The molecule has 0 bridgehead atoms. The maximum atomic E-state index is 6.55. The Balaban J connectivity index is 1.45. The second kappa shape index (κ2) is 13.9. The van der Waals surface area contributed by atoms with Gasteiger partial charge in [-0.05, 0) is 136 Å². The van der Waals surface area contributed by atoms with E-state index in [9.17, 15) is 0 Å². The van der Waals surface area contributed by atoms with E-state index >= 15 is 0 Å². The number of benzene rings is 5. The molecule has 0 atom stereocenters. The van der Waals surface area contributed by atoms with Crippen LogP contribution in [0.5, 0.6) is 11.5 Å². The minimum atomic E-state index is -0.00901. The average Bonchev–Trinajstić information content (AvgIpc) is 3.37. The minimum absolute atomic E-state index is 0.00367. The van der Waals surface area contributed by atoms with Crippen LogP contribution in [-0.4, -0.2) is 19.9 Å². The molecule has 0 spiro atoms. The third kappa shape index (κ3) is 6.46. The third-order valence-corrected chi connectivity index (χ3v) is 14.5. The molecule has 0 aliphatic carbocycles. The Kier molecular flexibility index (Phi) is 9.45. The highest BCUT2D eigenvalue weighted by Crippen LogP contribution is 2.53. The lowest BCUT2D eigenvalue weighted by molar-refractivity contribution is 0.297. The lowest BCUT2D eigenvalue weighted by Gasteiger charge is -2.45. The lowest BCUT2D eigenvalue weighted by atomic mass is 9.36. The number of aryl methyl sites for hydroxylation is 4. The molecular weight excluding hydrogens is 751 g/mol. The van der Waals surface area contributed by atoms with E-state index in [1.165, 1.54) is 104 Å². The van der Waals surface area contributed by atoms with Crippen molar-refractivity contribution in [1.29, 1.82) is 0 Å². The maximum absolute atomic E-state index is 6.55. The third-order valence-electron chi connectivity index (χ3n) is 13.2. The summed E-state index contributed by atoms with van der Waals surface area (Å²) in [5.74, 6) is 1.98. The largest absolute Gasteiger partial charge is 0.490 e. The van der Waals surface area contributed by atoms with Crippen LogP contribution < -0.4 is 35.0 Å². The predicted octanol–water partition coefficient (Wildman–Crippen LogP) is 13.4. The van der Waals surface area contributed by atoms with Crippen molar-refractivity contribution in [3.05, 3.63) is 111 Å². The maximum Gasteiger partial charge on any atom is 0.264 e. The van der Waals surface area contributed by atoms with Crippen LogP contribution in [0.3, 0.4) is 0 Å². The Bertz CT molecular complexity index is 2690. The molecule has 0 radical (unpaired) electrons. The zero-order chi connectivity index (χ0) is 43.0. The van der Waals surface area contributed by atoms with Crippen molar-refractivity contribution in [2.45, 2.75) is 132 Å². The van der Waals surface area contributed by atoms with E-state index in [1.807, 2.05) is 11.3 Å². The lowest BCUT2D eigenvalue weighted by Crippen LogP contribution is -2.60. The molecule has 0 unspecified atom stereocenters. The summed E-state index contributed by atoms with van der Waals surface area (Å²) in [5, 5.41) is 1.33. The van der Waals surface area contributed by atoms with Crippen LogP contribution in [0.25, 0.3) is 10.1 Å². The second-order valence-corrected chi connectivity index (χ2v) is 22.4. The van der Waals surface area contributed by atoms with Crippen molar-refractivity contribution in [2.75, 3.05) is 23.0 Å². The standard InChI is InChI=1S/C54H63BN2O2S/c1-30(2)35-25-42-47-43(26-35)57(49-33(5)23-38(24-34(49)6)54(13,14)15)50-39-27-36(52(7,8)9)17-18-46(39)60-51(50)55(47)40-28-44-45(59-20-16-19-58-44)29-41(40)56(42)48-31(3)21-37(22-32(48)4)53(10,11)12/h17-18,21-30H,16,19-20H2,1-15H3. The van der Waals surface area contributed by atoms with Crippen molar-refractivity contribution in [3.8, 4) is 11.5 Å². The Hall–Kier alpha value is -4.68. The first-order valence-electron chi connectivity index (χ1n) is 22.2. The van der Waals surface area contributed by atoms with Gasteiger partial charge in [0.15, 0.2) is 11.5 Å². The molecular formula is C54H63BN2O2S. The SMILES string of the molecule is Cc1cc(C(C)(C)C)cc(C)c1N1c2cc3c(cc2B2c4sc5ccc(C(C)(C)C)cc5c4N(c4c(C)cc(C(C)(C)C)cc4C)c4cc(C(C)C)cc1c42)OCCCO3. The van der Waals surface area contributed by atoms with Crippen LogP contribution >= 0.6 is 11.3 Å². The molecule has 9 rings (SSSR count). The van der Waals surface area contributed by atoms with Crippen molar-refractivity contribution in [2.24, 2.45) is 0 Å². The summed E-state index contributed by atoms with van der Waals surface area (Å²) in [4.78, 5) is 5.28. The normalized spacial score (nSPS) is 15.0. The monoisotopic (exact) mass is 814 g/mol. The smallest absolute Gasteiger partial charge is 0.264 e. The van der Waals surface area contributed by atoms with Crippen molar-refractivity contribution < 1.29 is 9.47 Å².